The van der Waals surface area contributed by atoms with Gasteiger partial charge in [-0.05, 0) is 43.3 Å². The molecular weight excluding hydrogens is 351 g/mol. The van der Waals surface area contributed by atoms with Crippen molar-refractivity contribution in [3.63, 3.8) is 0 Å². The monoisotopic (exact) mass is 370 g/mol. The Morgan fingerprint density at radius 1 is 1.00 bits per heavy atom. The molecule has 0 aliphatic rings. The van der Waals surface area contributed by atoms with Gasteiger partial charge in [0.15, 0.2) is 6.10 Å². The molecular formula is C20H19FN2O4. The lowest BCUT2D eigenvalue weighted by atomic mass is 10.2. The Kier molecular flexibility index (Phi) is 6.82. The quantitative estimate of drug-likeness (QED) is 0.603. The van der Waals surface area contributed by atoms with E-state index >= 15 is 0 Å². The molecule has 7 heteroatoms. The number of anilines is 2. The number of hydrogen-bond donors (Lipinski definition) is 2. The summed E-state index contributed by atoms with van der Waals surface area (Å²) < 4.78 is 18.5. The highest BCUT2D eigenvalue weighted by molar-refractivity contribution is 5.97. The van der Waals surface area contributed by atoms with Gasteiger partial charge in [0.2, 0.25) is 5.91 Å². The summed E-state index contributed by atoms with van der Waals surface area (Å²) in [6.45, 7) is 2.82. The van der Waals surface area contributed by atoms with Crippen LogP contribution < -0.4 is 10.6 Å². The van der Waals surface area contributed by atoms with Crippen molar-refractivity contribution in [1.29, 1.82) is 0 Å². The predicted octanol–water partition coefficient (Wildman–Crippen LogP) is 3.37. The molecule has 0 aliphatic heterocycles. The number of nitrogens with one attached hydrogen (secondary N) is 2. The summed E-state index contributed by atoms with van der Waals surface area (Å²) in [5.41, 5.74) is 1.32. The van der Waals surface area contributed by atoms with Crippen molar-refractivity contribution >= 4 is 35.2 Å². The van der Waals surface area contributed by atoms with Crippen LogP contribution in [0.4, 0.5) is 15.8 Å². The lowest BCUT2D eigenvalue weighted by molar-refractivity contribution is -0.148. The molecule has 2 aromatic carbocycles. The largest absolute Gasteiger partial charge is 0.449 e. The van der Waals surface area contributed by atoms with Gasteiger partial charge in [-0.1, -0.05) is 18.2 Å². The number of carbonyl (C=O) groups is 3. The molecule has 0 unspecified atom stereocenters. The molecule has 0 fully saturated rings. The minimum atomic E-state index is -1.04. The standard InChI is InChI=1S/C20H19FN2O4/c1-13(27-19(25)12-7-15-5-3-4-6-18(15)21)20(26)23-17-10-8-16(9-11-17)22-14(2)24/h3-13H,1-2H3,(H,22,24)(H,23,26)/b12-7+/t13-/m1/s1. The number of benzene rings is 2. The minimum Gasteiger partial charge on any atom is -0.449 e. The van der Waals surface area contributed by atoms with Crippen molar-refractivity contribution < 1.29 is 23.5 Å². The maximum Gasteiger partial charge on any atom is 0.331 e. The molecule has 0 spiro atoms. The average Bonchev–Trinajstić information content (AvgIpc) is 2.62. The Bertz CT molecular complexity index is 863. The van der Waals surface area contributed by atoms with Gasteiger partial charge in [0.25, 0.3) is 5.91 Å². The lowest BCUT2D eigenvalue weighted by Gasteiger charge is -2.12. The van der Waals surface area contributed by atoms with Crippen LogP contribution in [0, 0.1) is 5.82 Å². The van der Waals surface area contributed by atoms with Gasteiger partial charge >= 0.3 is 5.97 Å². The molecule has 2 aromatic rings. The van der Waals surface area contributed by atoms with Crippen LogP contribution in [0.15, 0.2) is 54.6 Å². The van der Waals surface area contributed by atoms with E-state index in [9.17, 15) is 18.8 Å². The van der Waals surface area contributed by atoms with Crippen LogP contribution in [-0.4, -0.2) is 23.9 Å². The van der Waals surface area contributed by atoms with Crippen molar-refractivity contribution in [2.45, 2.75) is 20.0 Å². The van der Waals surface area contributed by atoms with Gasteiger partial charge in [-0.15, -0.1) is 0 Å². The third kappa shape index (κ3) is 6.39. The number of amides is 2. The number of carbonyl (C=O) groups excluding carboxylic acids is 3. The maximum absolute atomic E-state index is 13.5. The molecule has 6 nitrogen and oxygen atoms in total. The van der Waals surface area contributed by atoms with Gasteiger partial charge in [-0.2, -0.15) is 0 Å². The van der Waals surface area contributed by atoms with Crippen LogP contribution in [0.3, 0.4) is 0 Å². The zero-order valence-corrected chi connectivity index (χ0v) is 14.9. The Morgan fingerprint density at radius 2 is 1.59 bits per heavy atom. The molecule has 2 rings (SSSR count). The molecule has 0 aliphatic carbocycles. The van der Waals surface area contributed by atoms with Crippen LogP contribution in [0.5, 0.6) is 0 Å². The van der Waals surface area contributed by atoms with E-state index in [0.29, 0.717) is 11.4 Å². The minimum absolute atomic E-state index is 0.198. The Hall–Kier alpha value is -3.48. The molecule has 2 N–H and O–H groups in total. The maximum atomic E-state index is 13.5. The second kappa shape index (κ2) is 9.28. The summed E-state index contributed by atoms with van der Waals surface area (Å²) in [5, 5.41) is 5.21. The zero-order chi connectivity index (χ0) is 19.8. The van der Waals surface area contributed by atoms with Gasteiger partial charge in [0.1, 0.15) is 5.82 Å². The molecule has 0 bridgehead atoms. The highest BCUT2D eigenvalue weighted by Crippen LogP contribution is 2.14. The van der Waals surface area contributed by atoms with E-state index in [0.717, 1.165) is 6.08 Å². The summed E-state index contributed by atoms with van der Waals surface area (Å²) in [7, 11) is 0. The van der Waals surface area contributed by atoms with Crippen molar-refractivity contribution in [3.8, 4) is 0 Å². The SMILES string of the molecule is CC(=O)Nc1ccc(NC(=O)[C@@H](C)OC(=O)/C=C/c2ccccc2F)cc1. The Labute approximate surface area is 156 Å². The van der Waals surface area contributed by atoms with Crippen LogP contribution in [-0.2, 0) is 19.1 Å². The van der Waals surface area contributed by atoms with Crippen molar-refractivity contribution in [2.24, 2.45) is 0 Å². The van der Waals surface area contributed by atoms with E-state index < -0.39 is 23.8 Å². The normalized spacial score (nSPS) is 11.7. The smallest absolute Gasteiger partial charge is 0.331 e. The molecule has 0 aromatic heterocycles. The lowest BCUT2D eigenvalue weighted by Crippen LogP contribution is -2.29. The van der Waals surface area contributed by atoms with E-state index in [1.54, 1.807) is 36.4 Å². The molecule has 0 radical (unpaired) electrons. The molecule has 27 heavy (non-hydrogen) atoms. The molecule has 2 amide bonds. The highest BCUT2D eigenvalue weighted by atomic mass is 19.1. The van der Waals surface area contributed by atoms with Crippen molar-refractivity contribution in [3.05, 3.63) is 66.0 Å². The zero-order valence-electron chi connectivity index (χ0n) is 14.9. The fraction of sp³-hybridized carbons (Fsp3) is 0.150. The second-order valence-corrected chi connectivity index (χ2v) is 5.68. The van der Waals surface area contributed by atoms with Crippen molar-refractivity contribution in [2.75, 3.05) is 10.6 Å². The highest BCUT2D eigenvalue weighted by Gasteiger charge is 2.16. The second-order valence-electron chi connectivity index (χ2n) is 5.68. The first-order valence-corrected chi connectivity index (χ1v) is 8.17. The first-order chi connectivity index (χ1) is 12.8. The topological polar surface area (TPSA) is 84.5 Å². The van der Waals surface area contributed by atoms with Gasteiger partial charge in [0, 0.05) is 29.9 Å². The number of halogens is 1. The summed E-state index contributed by atoms with van der Waals surface area (Å²) >= 11 is 0. The van der Waals surface area contributed by atoms with Gasteiger partial charge in [-0.3, -0.25) is 9.59 Å². The number of hydrogen-bond acceptors (Lipinski definition) is 4. The van der Waals surface area contributed by atoms with E-state index in [1.165, 1.54) is 32.1 Å². The van der Waals surface area contributed by atoms with Gasteiger partial charge in [-0.25, -0.2) is 9.18 Å². The molecule has 1 atom stereocenters. The van der Waals surface area contributed by atoms with E-state index in [1.807, 2.05) is 0 Å². The number of ether oxygens (including phenoxy) is 1. The molecule has 0 heterocycles. The molecule has 0 saturated carbocycles. The Balaban J connectivity index is 1.88. The first-order valence-electron chi connectivity index (χ1n) is 8.17. The van der Waals surface area contributed by atoms with E-state index in [4.69, 9.17) is 4.74 Å². The summed E-state index contributed by atoms with van der Waals surface area (Å²) in [5.74, 6) is -1.94. The van der Waals surface area contributed by atoms with E-state index in [-0.39, 0.29) is 11.5 Å². The third-order valence-electron chi connectivity index (χ3n) is 3.44. The average molecular weight is 370 g/mol. The van der Waals surface area contributed by atoms with Crippen LogP contribution >= 0.6 is 0 Å². The summed E-state index contributed by atoms with van der Waals surface area (Å²) in [4.78, 5) is 34.9. The van der Waals surface area contributed by atoms with Gasteiger partial charge < -0.3 is 15.4 Å². The molecule has 0 saturated heterocycles. The summed E-state index contributed by atoms with van der Waals surface area (Å²) in [6.07, 6.45) is 1.30. The van der Waals surface area contributed by atoms with Crippen LogP contribution in [0.2, 0.25) is 0 Å². The number of rotatable bonds is 6. The third-order valence-corrected chi connectivity index (χ3v) is 3.44. The van der Waals surface area contributed by atoms with Crippen molar-refractivity contribution in [1.82, 2.24) is 0 Å². The fourth-order valence-electron chi connectivity index (χ4n) is 2.12. The fourth-order valence-corrected chi connectivity index (χ4v) is 2.12. The van der Waals surface area contributed by atoms with E-state index in [2.05, 4.69) is 10.6 Å². The first kappa shape index (κ1) is 19.8. The predicted molar refractivity (Wildman–Crippen MR) is 100 cm³/mol. The molecule has 140 valence electrons. The van der Waals surface area contributed by atoms with Crippen LogP contribution in [0.1, 0.15) is 19.4 Å². The van der Waals surface area contributed by atoms with Gasteiger partial charge in [0.05, 0.1) is 0 Å². The van der Waals surface area contributed by atoms with Crippen LogP contribution in [0.25, 0.3) is 6.08 Å². The summed E-state index contributed by atoms with van der Waals surface area (Å²) in [6, 6.07) is 12.4. The number of esters is 1. The Morgan fingerprint density at radius 3 is 2.19 bits per heavy atom.